The summed E-state index contributed by atoms with van der Waals surface area (Å²) >= 11 is 0. The van der Waals surface area contributed by atoms with Gasteiger partial charge in [-0.15, -0.1) is 12.4 Å². The number of nitrogens with zero attached hydrogens (tertiary/aromatic N) is 1. The highest BCUT2D eigenvalue weighted by Crippen LogP contribution is 2.14. The van der Waals surface area contributed by atoms with Crippen LogP contribution in [-0.2, 0) is 4.79 Å². The summed E-state index contributed by atoms with van der Waals surface area (Å²) < 4.78 is 0. The first-order valence-corrected chi connectivity index (χ1v) is 6.20. The number of benzene rings is 1. The number of halogens is 1. The van der Waals surface area contributed by atoms with Crippen molar-refractivity contribution < 1.29 is 4.79 Å². The summed E-state index contributed by atoms with van der Waals surface area (Å²) in [5, 5.41) is 2.98. The fourth-order valence-electron chi connectivity index (χ4n) is 1.89. The van der Waals surface area contributed by atoms with Gasteiger partial charge in [0.1, 0.15) is 0 Å². The lowest BCUT2D eigenvalue weighted by molar-refractivity contribution is -0.120. The van der Waals surface area contributed by atoms with E-state index in [4.69, 9.17) is 0 Å². The minimum absolute atomic E-state index is 0. The van der Waals surface area contributed by atoms with Crippen LogP contribution in [0.3, 0.4) is 0 Å². The summed E-state index contributed by atoms with van der Waals surface area (Å²) in [6.45, 7) is 9.86. The molecule has 1 rings (SSSR count). The van der Waals surface area contributed by atoms with Crippen molar-refractivity contribution in [3.05, 3.63) is 29.8 Å². The van der Waals surface area contributed by atoms with Crippen molar-refractivity contribution in [1.29, 1.82) is 0 Å². The number of anilines is 1. The third-order valence-electron chi connectivity index (χ3n) is 3.14. The summed E-state index contributed by atoms with van der Waals surface area (Å²) in [6.07, 6.45) is 0. The Morgan fingerprint density at radius 3 is 2.33 bits per heavy atom. The molecule has 0 saturated heterocycles. The van der Waals surface area contributed by atoms with Gasteiger partial charge < -0.3 is 5.32 Å². The van der Waals surface area contributed by atoms with Crippen molar-refractivity contribution in [1.82, 2.24) is 4.90 Å². The molecule has 1 N–H and O–H groups in total. The number of carbonyl (C=O) groups excluding carboxylic acids is 1. The second kappa shape index (κ2) is 8.11. The van der Waals surface area contributed by atoms with Crippen LogP contribution in [0.25, 0.3) is 0 Å². The van der Waals surface area contributed by atoms with E-state index in [1.807, 2.05) is 38.1 Å². The van der Waals surface area contributed by atoms with Gasteiger partial charge in [-0.25, -0.2) is 0 Å². The van der Waals surface area contributed by atoms with E-state index in [1.54, 1.807) is 0 Å². The Balaban J connectivity index is 0.00000289. The zero-order chi connectivity index (χ0) is 12.8. The first-order valence-electron chi connectivity index (χ1n) is 6.20. The first kappa shape index (κ1) is 16.9. The first-order chi connectivity index (χ1) is 8.10. The smallest absolute Gasteiger partial charge is 0.241 e. The number of nitrogens with one attached hydrogen (secondary N) is 1. The predicted molar refractivity (Wildman–Crippen MR) is 79.4 cm³/mol. The molecule has 3 nitrogen and oxygen atoms in total. The summed E-state index contributed by atoms with van der Waals surface area (Å²) in [7, 11) is 0. The number of aryl methyl sites for hydroxylation is 1. The minimum atomic E-state index is -0.0930. The molecule has 0 saturated carbocycles. The quantitative estimate of drug-likeness (QED) is 0.892. The second-order valence-corrected chi connectivity index (χ2v) is 4.20. The third-order valence-corrected chi connectivity index (χ3v) is 3.14. The van der Waals surface area contributed by atoms with Crippen LogP contribution in [0, 0.1) is 6.92 Å². The normalized spacial score (nSPS) is 11.8. The Hall–Kier alpha value is -1.06. The summed E-state index contributed by atoms with van der Waals surface area (Å²) in [6, 6.07) is 7.74. The van der Waals surface area contributed by atoms with Crippen LogP contribution in [0.15, 0.2) is 24.3 Å². The summed E-state index contributed by atoms with van der Waals surface area (Å²) in [5.74, 6) is 0.0583. The Morgan fingerprint density at radius 2 is 1.83 bits per heavy atom. The van der Waals surface area contributed by atoms with Gasteiger partial charge in [0.2, 0.25) is 5.91 Å². The SMILES string of the molecule is CCN(CC)C(C)C(=O)Nc1ccccc1C.Cl. The predicted octanol–water partition coefficient (Wildman–Crippen LogP) is 3.09. The molecule has 0 heterocycles. The summed E-state index contributed by atoms with van der Waals surface area (Å²) in [4.78, 5) is 14.2. The van der Waals surface area contributed by atoms with Gasteiger partial charge in [-0.3, -0.25) is 9.69 Å². The van der Waals surface area contributed by atoms with E-state index in [0.29, 0.717) is 0 Å². The largest absolute Gasteiger partial charge is 0.324 e. The lowest BCUT2D eigenvalue weighted by Gasteiger charge is -2.25. The Labute approximate surface area is 116 Å². The van der Waals surface area contributed by atoms with E-state index < -0.39 is 0 Å². The van der Waals surface area contributed by atoms with Gasteiger partial charge in [0.05, 0.1) is 6.04 Å². The van der Waals surface area contributed by atoms with Crippen LogP contribution >= 0.6 is 12.4 Å². The highest BCUT2D eigenvalue weighted by atomic mass is 35.5. The van der Waals surface area contributed by atoms with E-state index in [-0.39, 0.29) is 24.4 Å². The van der Waals surface area contributed by atoms with Crippen LogP contribution in [0.5, 0.6) is 0 Å². The number of amides is 1. The van der Waals surface area contributed by atoms with Crippen molar-refractivity contribution in [3.8, 4) is 0 Å². The molecule has 0 spiro atoms. The molecule has 0 aliphatic heterocycles. The Morgan fingerprint density at radius 1 is 1.28 bits per heavy atom. The number of para-hydroxylation sites is 1. The maximum atomic E-state index is 12.1. The topological polar surface area (TPSA) is 32.3 Å². The molecule has 1 aromatic rings. The van der Waals surface area contributed by atoms with Gasteiger partial charge in [0, 0.05) is 5.69 Å². The standard InChI is InChI=1S/C14H22N2O.ClH/c1-5-16(6-2)12(4)14(17)15-13-10-8-7-9-11(13)3;/h7-10,12H,5-6H2,1-4H3,(H,15,17);1H. The van der Waals surface area contributed by atoms with Gasteiger partial charge in [0.25, 0.3) is 0 Å². The van der Waals surface area contributed by atoms with Gasteiger partial charge in [-0.05, 0) is 38.6 Å². The molecule has 0 fully saturated rings. The molecule has 0 aliphatic rings. The lowest BCUT2D eigenvalue weighted by Crippen LogP contribution is -2.41. The fraction of sp³-hybridized carbons (Fsp3) is 0.500. The minimum Gasteiger partial charge on any atom is -0.324 e. The number of carbonyl (C=O) groups is 1. The van der Waals surface area contributed by atoms with Gasteiger partial charge in [-0.2, -0.15) is 0 Å². The van der Waals surface area contributed by atoms with Crippen LogP contribution in [-0.4, -0.2) is 29.9 Å². The molecule has 102 valence electrons. The molecule has 1 atom stereocenters. The van der Waals surface area contributed by atoms with Crippen LogP contribution in [0.2, 0.25) is 0 Å². The lowest BCUT2D eigenvalue weighted by atomic mass is 10.2. The van der Waals surface area contributed by atoms with Crippen molar-refractivity contribution >= 4 is 24.0 Å². The van der Waals surface area contributed by atoms with E-state index >= 15 is 0 Å². The fourth-order valence-corrected chi connectivity index (χ4v) is 1.89. The maximum absolute atomic E-state index is 12.1. The van der Waals surface area contributed by atoms with E-state index in [0.717, 1.165) is 24.3 Å². The van der Waals surface area contributed by atoms with Crippen molar-refractivity contribution in [3.63, 3.8) is 0 Å². The maximum Gasteiger partial charge on any atom is 0.241 e. The number of likely N-dealkylation sites (N-methyl/N-ethyl adjacent to an activating group) is 1. The molecule has 4 heteroatoms. The second-order valence-electron chi connectivity index (χ2n) is 4.20. The molecule has 0 radical (unpaired) electrons. The average molecular weight is 271 g/mol. The third kappa shape index (κ3) is 4.31. The molecule has 18 heavy (non-hydrogen) atoms. The summed E-state index contributed by atoms with van der Waals surface area (Å²) in [5.41, 5.74) is 1.99. The van der Waals surface area contributed by atoms with Crippen molar-refractivity contribution in [2.24, 2.45) is 0 Å². The van der Waals surface area contributed by atoms with E-state index in [1.165, 1.54) is 0 Å². The molecule has 1 unspecified atom stereocenters. The highest BCUT2D eigenvalue weighted by molar-refractivity contribution is 5.95. The monoisotopic (exact) mass is 270 g/mol. The van der Waals surface area contributed by atoms with Gasteiger partial charge in [0.15, 0.2) is 0 Å². The number of hydrogen-bond acceptors (Lipinski definition) is 2. The molecule has 0 aromatic heterocycles. The molecular weight excluding hydrogens is 248 g/mol. The highest BCUT2D eigenvalue weighted by Gasteiger charge is 2.18. The van der Waals surface area contributed by atoms with Crippen molar-refractivity contribution in [2.75, 3.05) is 18.4 Å². The zero-order valence-electron chi connectivity index (χ0n) is 11.6. The van der Waals surface area contributed by atoms with Crippen molar-refractivity contribution in [2.45, 2.75) is 33.7 Å². The molecule has 0 bridgehead atoms. The Kier molecular flexibility index (Phi) is 7.64. The van der Waals surface area contributed by atoms with E-state index in [2.05, 4.69) is 24.1 Å². The number of hydrogen-bond donors (Lipinski definition) is 1. The van der Waals surface area contributed by atoms with Gasteiger partial charge in [-0.1, -0.05) is 32.0 Å². The molecular formula is C14H23ClN2O. The van der Waals surface area contributed by atoms with Crippen LogP contribution < -0.4 is 5.32 Å². The van der Waals surface area contributed by atoms with Crippen LogP contribution in [0.1, 0.15) is 26.3 Å². The van der Waals surface area contributed by atoms with E-state index in [9.17, 15) is 4.79 Å². The van der Waals surface area contributed by atoms with Gasteiger partial charge >= 0.3 is 0 Å². The number of rotatable bonds is 5. The molecule has 1 amide bonds. The zero-order valence-corrected chi connectivity index (χ0v) is 12.4. The van der Waals surface area contributed by atoms with Crippen LogP contribution in [0.4, 0.5) is 5.69 Å². The molecule has 1 aromatic carbocycles. The Bertz CT molecular complexity index is 378. The average Bonchev–Trinajstić information content (AvgIpc) is 2.33. The molecule has 0 aliphatic carbocycles.